The smallest absolute Gasteiger partial charge is 0.321 e. The van der Waals surface area contributed by atoms with E-state index in [0.717, 1.165) is 16.3 Å². The number of aliphatic hydroxyl groups is 1. The van der Waals surface area contributed by atoms with Crippen LogP contribution in [0, 0.1) is 5.92 Å². The molecule has 0 aromatic heterocycles. The summed E-state index contributed by atoms with van der Waals surface area (Å²) in [5.41, 5.74) is 2.79. The summed E-state index contributed by atoms with van der Waals surface area (Å²) in [4.78, 5) is 42.9. The molecule has 0 aliphatic carbocycles. The molecule has 5 rings (SSSR count). The average Bonchev–Trinajstić information content (AvgIpc) is 3.08. The molecule has 0 fully saturated rings. The molecule has 234 valence electrons. The van der Waals surface area contributed by atoms with Crippen molar-refractivity contribution < 1.29 is 24.2 Å². The number of carbonyl (C=O) groups is 3. The van der Waals surface area contributed by atoms with Crippen LogP contribution in [0.4, 0.5) is 16.2 Å². The zero-order valence-electron chi connectivity index (χ0n) is 25.9. The van der Waals surface area contributed by atoms with Gasteiger partial charge in [0.2, 0.25) is 11.8 Å². The van der Waals surface area contributed by atoms with Crippen molar-refractivity contribution in [1.82, 2.24) is 9.80 Å². The number of amides is 4. The predicted molar refractivity (Wildman–Crippen MR) is 176 cm³/mol. The largest absolute Gasteiger partial charge is 0.488 e. The van der Waals surface area contributed by atoms with Crippen LogP contribution in [0.1, 0.15) is 25.0 Å². The molecule has 0 radical (unpaired) electrons. The molecule has 0 unspecified atom stereocenters. The van der Waals surface area contributed by atoms with Gasteiger partial charge in [-0.3, -0.25) is 9.59 Å². The predicted octanol–water partition coefficient (Wildman–Crippen LogP) is 5.33. The molecule has 4 aromatic carbocycles. The van der Waals surface area contributed by atoms with Crippen molar-refractivity contribution >= 4 is 40.0 Å². The Kier molecular flexibility index (Phi) is 9.99. The summed E-state index contributed by atoms with van der Waals surface area (Å²) in [5.74, 6) is 0.0237. The number of likely N-dealkylation sites (N-methyl/N-ethyl adjacent to an activating group) is 1. The van der Waals surface area contributed by atoms with Gasteiger partial charge >= 0.3 is 6.03 Å². The van der Waals surface area contributed by atoms with E-state index >= 15 is 0 Å². The lowest BCUT2D eigenvalue weighted by atomic mass is 10.0. The summed E-state index contributed by atoms with van der Waals surface area (Å²) in [5, 5.41) is 17.9. The van der Waals surface area contributed by atoms with E-state index in [-0.39, 0.29) is 49.8 Å². The molecule has 3 N–H and O–H groups in total. The highest BCUT2D eigenvalue weighted by molar-refractivity contribution is 6.01. The number of hydrogen-bond donors (Lipinski definition) is 3. The first kappa shape index (κ1) is 31.5. The zero-order chi connectivity index (χ0) is 31.9. The molecule has 1 heterocycles. The summed E-state index contributed by atoms with van der Waals surface area (Å²) in [6.07, 6.45) is -0.203. The third kappa shape index (κ3) is 7.80. The van der Waals surface area contributed by atoms with E-state index in [2.05, 4.69) is 10.6 Å². The van der Waals surface area contributed by atoms with Gasteiger partial charge in [0.15, 0.2) is 0 Å². The number of anilines is 2. The van der Waals surface area contributed by atoms with Gasteiger partial charge in [0.25, 0.3) is 0 Å². The number of rotatable bonds is 8. The minimum atomic E-state index is -0.468. The quantitative estimate of drug-likeness (QED) is 0.250. The van der Waals surface area contributed by atoms with E-state index in [1.54, 1.807) is 35.0 Å². The molecule has 0 spiro atoms. The molecule has 0 bridgehead atoms. The normalized spacial score (nSPS) is 17.2. The van der Waals surface area contributed by atoms with E-state index < -0.39 is 12.1 Å². The number of benzene rings is 4. The molecule has 3 atom stereocenters. The van der Waals surface area contributed by atoms with Crippen molar-refractivity contribution in [2.45, 2.75) is 38.8 Å². The van der Waals surface area contributed by atoms with Crippen LogP contribution in [0.15, 0.2) is 91.0 Å². The van der Waals surface area contributed by atoms with Gasteiger partial charge in [-0.05, 0) is 42.1 Å². The lowest BCUT2D eigenvalue weighted by molar-refractivity contribution is -0.134. The van der Waals surface area contributed by atoms with E-state index in [9.17, 15) is 19.5 Å². The standard InChI is InChI=1S/C36H40N4O5/c1-24-21-40(25(2)23-41)35(43)20-28-19-29(37-34(42)18-26-10-5-4-6-11-26)16-17-32(28)45-33(24)22-39(3)36(44)38-31-15-9-13-27-12-7-8-14-30(27)31/h4-17,19,24-25,33,41H,18,20-23H2,1-3H3,(H,37,42)(H,38,44)/t24-,25-,33+/m1/s1. The summed E-state index contributed by atoms with van der Waals surface area (Å²) in [6, 6.07) is 27.7. The van der Waals surface area contributed by atoms with Crippen molar-refractivity contribution in [2.24, 2.45) is 5.92 Å². The average molecular weight is 609 g/mol. The highest BCUT2D eigenvalue weighted by Gasteiger charge is 2.32. The molecule has 45 heavy (non-hydrogen) atoms. The first-order valence-corrected chi connectivity index (χ1v) is 15.3. The Bertz CT molecular complexity index is 1650. The maximum Gasteiger partial charge on any atom is 0.321 e. The molecule has 9 nitrogen and oxygen atoms in total. The van der Waals surface area contributed by atoms with Crippen molar-refractivity contribution in [3.63, 3.8) is 0 Å². The molecular formula is C36H40N4O5. The zero-order valence-corrected chi connectivity index (χ0v) is 25.9. The summed E-state index contributed by atoms with van der Waals surface area (Å²) in [6.45, 7) is 4.21. The lowest BCUT2D eigenvalue weighted by Gasteiger charge is -2.34. The number of nitrogens with one attached hydrogen (secondary N) is 2. The van der Waals surface area contributed by atoms with Crippen LogP contribution in [-0.4, -0.2) is 71.6 Å². The van der Waals surface area contributed by atoms with Crippen molar-refractivity contribution in [1.29, 1.82) is 0 Å². The maximum atomic E-state index is 13.5. The van der Waals surface area contributed by atoms with Crippen LogP contribution < -0.4 is 15.4 Å². The number of carbonyl (C=O) groups excluding carboxylic acids is 3. The Morgan fingerprint density at radius 2 is 1.73 bits per heavy atom. The van der Waals surface area contributed by atoms with Gasteiger partial charge in [-0.1, -0.05) is 73.7 Å². The van der Waals surface area contributed by atoms with Gasteiger partial charge in [0, 0.05) is 36.1 Å². The van der Waals surface area contributed by atoms with E-state index in [1.807, 2.05) is 86.6 Å². The number of aliphatic hydroxyl groups excluding tert-OH is 1. The van der Waals surface area contributed by atoms with Gasteiger partial charge in [-0.25, -0.2) is 4.79 Å². The van der Waals surface area contributed by atoms with Gasteiger partial charge in [-0.15, -0.1) is 0 Å². The van der Waals surface area contributed by atoms with Crippen LogP contribution in [0.5, 0.6) is 5.75 Å². The topological polar surface area (TPSA) is 111 Å². The van der Waals surface area contributed by atoms with Crippen LogP contribution >= 0.6 is 0 Å². The monoisotopic (exact) mass is 608 g/mol. The Morgan fingerprint density at radius 3 is 2.51 bits per heavy atom. The molecule has 4 amide bonds. The Labute approximate surface area is 263 Å². The van der Waals surface area contributed by atoms with Crippen LogP contribution in [0.25, 0.3) is 10.8 Å². The summed E-state index contributed by atoms with van der Waals surface area (Å²) >= 11 is 0. The SMILES string of the molecule is C[C@@H]1CN([C@H](C)CO)C(=O)Cc2cc(NC(=O)Cc3ccccc3)ccc2O[C@H]1CN(C)C(=O)Nc1cccc2ccccc12. The van der Waals surface area contributed by atoms with Crippen molar-refractivity contribution in [3.8, 4) is 5.75 Å². The minimum Gasteiger partial charge on any atom is -0.488 e. The molecule has 9 heteroatoms. The van der Waals surface area contributed by atoms with Crippen LogP contribution in [0.2, 0.25) is 0 Å². The fourth-order valence-electron chi connectivity index (χ4n) is 5.61. The first-order chi connectivity index (χ1) is 21.7. The lowest BCUT2D eigenvalue weighted by Crippen LogP contribution is -2.48. The molecular weight excluding hydrogens is 568 g/mol. The van der Waals surface area contributed by atoms with Crippen molar-refractivity contribution in [3.05, 3.63) is 102 Å². The van der Waals surface area contributed by atoms with E-state index in [1.165, 1.54) is 0 Å². The maximum absolute atomic E-state index is 13.5. The second-order valence-electron chi connectivity index (χ2n) is 11.8. The Balaban J connectivity index is 1.36. The Morgan fingerprint density at radius 1 is 1.00 bits per heavy atom. The van der Waals surface area contributed by atoms with Gasteiger partial charge in [-0.2, -0.15) is 0 Å². The number of fused-ring (bicyclic) bond motifs is 2. The number of hydrogen-bond acceptors (Lipinski definition) is 5. The molecule has 0 saturated carbocycles. The third-order valence-electron chi connectivity index (χ3n) is 8.24. The fraction of sp³-hybridized carbons (Fsp3) is 0.306. The van der Waals surface area contributed by atoms with E-state index in [4.69, 9.17) is 4.74 Å². The third-order valence-corrected chi connectivity index (χ3v) is 8.24. The van der Waals surface area contributed by atoms with E-state index in [0.29, 0.717) is 29.2 Å². The second-order valence-corrected chi connectivity index (χ2v) is 11.8. The summed E-state index contributed by atoms with van der Waals surface area (Å²) < 4.78 is 6.56. The summed E-state index contributed by atoms with van der Waals surface area (Å²) in [7, 11) is 1.72. The van der Waals surface area contributed by atoms with Gasteiger partial charge < -0.3 is 30.3 Å². The first-order valence-electron chi connectivity index (χ1n) is 15.3. The highest BCUT2D eigenvalue weighted by atomic mass is 16.5. The molecule has 1 aliphatic rings. The van der Waals surface area contributed by atoms with Crippen LogP contribution in [-0.2, 0) is 22.4 Å². The van der Waals surface area contributed by atoms with Gasteiger partial charge in [0.05, 0.1) is 37.7 Å². The highest BCUT2D eigenvalue weighted by Crippen LogP contribution is 2.30. The van der Waals surface area contributed by atoms with Crippen molar-refractivity contribution in [2.75, 3.05) is 37.4 Å². The second kappa shape index (κ2) is 14.3. The van der Waals surface area contributed by atoms with Crippen LogP contribution in [0.3, 0.4) is 0 Å². The molecule has 1 aliphatic heterocycles. The molecule has 0 saturated heterocycles. The fourth-order valence-corrected chi connectivity index (χ4v) is 5.61. The molecule has 4 aromatic rings. The number of nitrogens with zero attached hydrogens (tertiary/aromatic N) is 2. The number of urea groups is 1. The number of ether oxygens (including phenoxy) is 1. The van der Waals surface area contributed by atoms with Gasteiger partial charge in [0.1, 0.15) is 11.9 Å². The minimum absolute atomic E-state index is 0.0406. The Hall–Kier alpha value is -4.89.